The molecule has 1 unspecified atom stereocenters. The normalized spacial score (nSPS) is 28.2. The van der Waals surface area contributed by atoms with E-state index >= 15 is 0 Å². The van der Waals surface area contributed by atoms with Gasteiger partial charge in [-0.15, -0.1) is 0 Å². The second-order valence-electron chi connectivity index (χ2n) is 4.97. The summed E-state index contributed by atoms with van der Waals surface area (Å²) in [6.07, 6.45) is 3.46. The van der Waals surface area contributed by atoms with Crippen LogP contribution in [-0.2, 0) is 4.74 Å². The van der Waals surface area contributed by atoms with Crippen LogP contribution in [0.2, 0.25) is 0 Å². The highest BCUT2D eigenvalue weighted by atomic mass is 32.2. The summed E-state index contributed by atoms with van der Waals surface area (Å²) in [7, 11) is 0. The Kier molecular flexibility index (Phi) is 4.14. The molecule has 0 saturated carbocycles. The molecule has 0 amide bonds. The first-order valence-corrected chi connectivity index (χ1v) is 7.26. The van der Waals surface area contributed by atoms with Gasteiger partial charge in [-0.3, -0.25) is 4.99 Å². The van der Waals surface area contributed by atoms with Crippen LogP contribution in [0.15, 0.2) is 4.99 Å². The van der Waals surface area contributed by atoms with Crippen LogP contribution in [0.1, 0.15) is 33.1 Å². The number of hydrogen-bond donors (Lipinski definition) is 1. The molecular formula is C12H22N2OS. The third-order valence-electron chi connectivity index (χ3n) is 3.55. The van der Waals surface area contributed by atoms with Crippen molar-refractivity contribution in [3.05, 3.63) is 0 Å². The van der Waals surface area contributed by atoms with E-state index in [9.17, 15) is 0 Å². The number of nitrogens with one attached hydrogen (secondary N) is 1. The zero-order valence-corrected chi connectivity index (χ0v) is 11.1. The van der Waals surface area contributed by atoms with E-state index in [4.69, 9.17) is 4.74 Å². The van der Waals surface area contributed by atoms with Gasteiger partial charge in [0.15, 0.2) is 5.17 Å². The summed E-state index contributed by atoms with van der Waals surface area (Å²) in [5.41, 5.74) is 0.289. The van der Waals surface area contributed by atoms with Crippen LogP contribution in [0.25, 0.3) is 0 Å². The molecule has 2 saturated heterocycles. The maximum atomic E-state index is 5.42. The molecule has 92 valence electrons. The van der Waals surface area contributed by atoms with Gasteiger partial charge in [-0.1, -0.05) is 32.0 Å². The van der Waals surface area contributed by atoms with Crippen LogP contribution in [0.5, 0.6) is 0 Å². The van der Waals surface area contributed by atoms with Crippen molar-refractivity contribution in [2.24, 2.45) is 10.9 Å². The van der Waals surface area contributed by atoms with Crippen LogP contribution in [0.4, 0.5) is 0 Å². The lowest BCUT2D eigenvalue weighted by Crippen LogP contribution is -2.48. The van der Waals surface area contributed by atoms with Crippen LogP contribution in [0, 0.1) is 5.92 Å². The van der Waals surface area contributed by atoms with Gasteiger partial charge in [-0.05, 0) is 18.8 Å². The molecule has 0 aromatic carbocycles. The first kappa shape index (κ1) is 12.2. The summed E-state index contributed by atoms with van der Waals surface area (Å²) in [4.78, 5) is 4.67. The summed E-state index contributed by atoms with van der Waals surface area (Å²) in [5, 5.41) is 4.77. The summed E-state index contributed by atoms with van der Waals surface area (Å²) in [5.74, 6) is 1.86. The van der Waals surface area contributed by atoms with E-state index in [1.165, 1.54) is 6.42 Å². The fraction of sp³-hybridized carbons (Fsp3) is 0.917. The fourth-order valence-corrected chi connectivity index (χ4v) is 3.22. The Morgan fingerprint density at radius 1 is 1.50 bits per heavy atom. The van der Waals surface area contributed by atoms with Gasteiger partial charge in [-0.2, -0.15) is 0 Å². The minimum atomic E-state index is 0.289. The summed E-state index contributed by atoms with van der Waals surface area (Å²) < 4.78 is 5.42. The van der Waals surface area contributed by atoms with E-state index in [-0.39, 0.29) is 5.54 Å². The van der Waals surface area contributed by atoms with Crippen molar-refractivity contribution >= 4 is 16.9 Å². The molecule has 0 aromatic heterocycles. The number of thioether (sulfide) groups is 1. The van der Waals surface area contributed by atoms with E-state index in [2.05, 4.69) is 24.2 Å². The minimum Gasteiger partial charge on any atom is -0.381 e. The summed E-state index contributed by atoms with van der Waals surface area (Å²) in [6.45, 7) is 7.23. The Morgan fingerprint density at radius 2 is 2.25 bits per heavy atom. The van der Waals surface area contributed by atoms with E-state index in [0.29, 0.717) is 5.92 Å². The van der Waals surface area contributed by atoms with Gasteiger partial charge in [0, 0.05) is 25.5 Å². The average Bonchev–Trinajstić information content (AvgIpc) is 2.70. The average molecular weight is 242 g/mol. The van der Waals surface area contributed by atoms with Crippen LogP contribution in [0.3, 0.4) is 0 Å². The monoisotopic (exact) mass is 242 g/mol. The molecule has 2 rings (SSSR count). The van der Waals surface area contributed by atoms with Crippen molar-refractivity contribution in [3.8, 4) is 0 Å². The van der Waals surface area contributed by atoms with E-state index < -0.39 is 0 Å². The quantitative estimate of drug-likeness (QED) is 0.824. The Morgan fingerprint density at radius 3 is 2.94 bits per heavy atom. The number of rotatable bonds is 3. The second-order valence-corrected chi connectivity index (χ2v) is 5.93. The number of hydrogen-bond acceptors (Lipinski definition) is 3. The third-order valence-corrected chi connectivity index (χ3v) is 4.75. The molecule has 0 aromatic rings. The first-order chi connectivity index (χ1) is 7.74. The van der Waals surface area contributed by atoms with Gasteiger partial charge in [0.2, 0.25) is 0 Å². The molecule has 2 fully saturated rings. The van der Waals surface area contributed by atoms with Crippen molar-refractivity contribution in [2.75, 3.05) is 25.5 Å². The zero-order chi connectivity index (χ0) is 11.4. The Balaban J connectivity index is 1.86. The summed E-state index contributed by atoms with van der Waals surface area (Å²) in [6, 6.07) is 0. The largest absolute Gasteiger partial charge is 0.381 e. The van der Waals surface area contributed by atoms with Gasteiger partial charge in [0.05, 0.1) is 5.54 Å². The number of amidine groups is 1. The number of ether oxygens (including phenoxy) is 1. The molecule has 3 nitrogen and oxygen atoms in total. The van der Waals surface area contributed by atoms with Crippen LogP contribution < -0.4 is 5.32 Å². The molecule has 16 heavy (non-hydrogen) atoms. The molecule has 0 radical (unpaired) electrons. The molecular weight excluding hydrogens is 220 g/mol. The maximum Gasteiger partial charge on any atom is 0.157 e. The SMILES string of the molecule is CCC(C)CN=C1NC2(CCOCC2)CS1. The Labute approximate surface area is 102 Å². The minimum absolute atomic E-state index is 0.289. The lowest BCUT2D eigenvalue weighted by molar-refractivity contribution is 0.0555. The molecule has 2 aliphatic rings. The van der Waals surface area contributed by atoms with Gasteiger partial charge in [0.25, 0.3) is 0 Å². The molecule has 1 spiro atoms. The predicted molar refractivity (Wildman–Crippen MR) is 70.1 cm³/mol. The van der Waals surface area contributed by atoms with Crippen molar-refractivity contribution in [1.82, 2.24) is 5.32 Å². The molecule has 0 aliphatic carbocycles. The highest BCUT2D eigenvalue weighted by Gasteiger charge is 2.38. The molecule has 0 bridgehead atoms. The topological polar surface area (TPSA) is 33.6 Å². The van der Waals surface area contributed by atoms with Gasteiger partial charge < -0.3 is 10.1 Å². The first-order valence-electron chi connectivity index (χ1n) is 6.27. The molecule has 2 heterocycles. The Hall–Kier alpha value is -0.220. The van der Waals surface area contributed by atoms with Crippen LogP contribution >= 0.6 is 11.8 Å². The second kappa shape index (κ2) is 5.41. The van der Waals surface area contributed by atoms with E-state index in [1.807, 2.05) is 11.8 Å². The van der Waals surface area contributed by atoms with Crippen molar-refractivity contribution in [3.63, 3.8) is 0 Å². The predicted octanol–water partition coefficient (Wildman–Crippen LogP) is 2.27. The summed E-state index contributed by atoms with van der Waals surface area (Å²) >= 11 is 1.88. The molecule has 1 atom stereocenters. The van der Waals surface area contributed by atoms with Gasteiger partial charge >= 0.3 is 0 Å². The lowest BCUT2D eigenvalue weighted by Gasteiger charge is -2.32. The maximum absolute atomic E-state index is 5.42. The third kappa shape index (κ3) is 2.92. The van der Waals surface area contributed by atoms with Gasteiger partial charge in [-0.25, -0.2) is 0 Å². The molecule has 1 N–H and O–H groups in total. The molecule has 4 heteroatoms. The van der Waals surface area contributed by atoms with Crippen LogP contribution in [-0.4, -0.2) is 36.2 Å². The van der Waals surface area contributed by atoms with Crippen molar-refractivity contribution < 1.29 is 4.74 Å². The lowest BCUT2D eigenvalue weighted by atomic mass is 9.93. The number of nitrogens with zero attached hydrogens (tertiary/aromatic N) is 1. The van der Waals surface area contributed by atoms with Crippen molar-refractivity contribution in [1.29, 1.82) is 0 Å². The fourth-order valence-electron chi connectivity index (χ4n) is 1.99. The Bertz CT molecular complexity index is 262. The number of aliphatic imine (C=N–C) groups is 1. The van der Waals surface area contributed by atoms with E-state index in [1.54, 1.807) is 0 Å². The standard InChI is InChI=1S/C12H22N2OS/c1-3-10(2)8-13-11-14-12(9-16-11)4-6-15-7-5-12/h10H,3-9H2,1-2H3,(H,13,14). The highest BCUT2D eigenvalue weighted by Crippen LogP contribution is 2.31. The molecule has 2 aliphatic heterocycles. The zero-order valence-electron chi connectivity index (χ0n) is 10.3. The highest BCUT2D eigenvalue weighted by molar-refractivity contribution is 8.14. The van der Waals surface area contributed by atoms with Gasteiger partial charge in [0.1, 0.15) is 0 Å². The van der Waals surface area contributed by atoms with E-state index in [0.717, 1.165) is 43.5 Å². The smallest absolute Gasteiger partial charge is 0.157 e. The van der Waals surface area contributed by atoms with Crippen molar-refractivity contribution in [2.45, 2.75) is 38.6 Å².